The van der Waals surface area contributed by atoms with E-state index in [4.69, 9.17) is 9.15 Å². The molecule has 0 fully saturated rings. The molecule has 0 saturated heterocycles. The number of nitrogens with one attached hydrogen (secondary N) is 1. The van der Waals surface area contributed by atoms with Gasteiger partial charge in [-0.2, -0.15) is 0 Å². The van der Waals surface area contributed by atoms with Gasteiger partial charge in [0.05, 0.1) is 5.75 Å². The first-order chi connectivity index (χ1) is 13.4. The van der Waals surface area contributed by atoms with Crippen molar-refractivity contribution in [3.8, 4) is 5.75 Å². The molecule has 0 aliphatic carbocycles. The van der Waals surface area contributed by atoms with Gasteiger partial charge >= 0.3 is 0 Å². The molecule has 1 N–H and O–H groups in total. The lowest BCUT2D eigenvalue weighted by atomic mass is 10.1. The first-order valence-electron chi connectivity index (χ1n) is 8.93. The maximum atomic E-state index is 12.2. The highest BCUT2D eigenvalue weighted by Crippen LogP contribution is 2.22. The largest absolute Gasteiger partial charge is 0.484 e. The molecule has 0 atom stereocenters. The molecule has 1 aromatic heterocycles. The van der Waals surface area contributed by atoms with Crippen LogP contribution in [0.4, 0.5) is 5.69 Å². The molecular weight excluding hydrogens is 374 g/mol. The Kier molecular flexibility index (Phi) is 6.36. The quantitative estimate of drug-likeness (QED) is 0.587. The summed E-state index contributed by atoms with van der Waals surface area (Å²) in [4.78, 5) is 12.2. The van der Waals surface area contributed by atoms with Gasteiger partial charge in [0, 0.05) is 5.69 Å². The van der Waals surface area contributed by atoms with E-state index in [-0.39, 0.29) is 18.3 Å². The van der Waals surface area contributed by atoms with Crippen molar-refractivity contribution in [2.24, 2.45) is 0 Å². The van der Waals surface area contributed by atoms with Crippen LogP contribution < -0.4 is 10.1 Å². The molecule has 7 heteroatoms. The minimum Gasteiger partial charge on any atom is -0.484 e. The molecule has 0 radical (unpaired) electrons. The van der Waals surface area contributed by atoms with E-state index in [9.17, 15) is 4.79 Å². The smallest absolute Gasteiger partial charge is 0.277 e. The minimum absolute atomic E-state index is 0.120. The highest BCUT2D eigenvalue weighted by atomic mass is 32.2. The van der Waals surface area contributed by atoms with Crippen LogP contribution in [-0.2, 0) is 11.4 Å². The summed E-state index contributed by atoms with van der Waals surface area (Å²) in [6.45, 7) is 8.13. The van der Waals surface area contributed by atoms with Gasteiger partial charge in [-0.25, -0.2) is 0 Å². The van der Waals surface area contributed by atoms with Crippen molar-refractivity contribution in [3.05, 3.63) is 64.5 Å². The molecule has 2 aromatic carbocycles. The Morgan fingerprint density at radius 3 is 2.54 bits per heavy atom. The van der Waals surface area contributed by atoms with Crippen molar-refractivity contribution in [2.75, 3.05) is 11.1 Å². The van der Waals surface area contributed by atoms with Crippen LogP contribution in [0.1, 0.15) is 28.1 Å². The monoisotopic (exact) mass is 397 g/mol. The zero-order valence-electron chi connectivity index (χ0n) is 16.4. The molecule has 0 aliphatic heterocycles. The second-order valence-corrected chi connectivity index (χ2v) is 7.60. The molecule has 0 bridgehead atoms. The molecule has 6 nitrogen and oxygen atoms in total. The third-order valence-electron chi connectivity index (χ3n) is 4.14. The predicted octanol–water partition coefficient (Wildman–Crippen LogP) is 4.61. The van der Waals surface area contributed by atoms with Crippen molar-refractivity contribution < 1.29 is 13.9 Å². The average molecular weight is 398 g/mol. The highest BCUT2D eigenvalue weighted by molar-refractivity contribution is 7.99. The van der Waals surface area contributed by atoms with Crippen LogP contribution in [0.3, 0.4) is 0 Å². The second kappa shape index (κ2) is 8.93. The fraction of sp³-hybridized carbons (Fsp3) is 0.286. The van der Waals surface area contributed by atoms with Gasteiger partial charge in [-0.05, 0) is 62.1 Å². The van der Waals surface area contributed by atoms with Crippen molar-refractivity contribution in [3.63, 3.8) is 0 Å². The van der Waals surface area contributed by atoms with Crippen molar-refractivity contribution in [2.45, 2.75) is 39.5 Å². The predicted molar refractivity (Wildman–Crippen MR) is 110 cm³/mol. The number of aromatic nitrogens is 2. The summed E-state index contributed by atoms with van der Waals surface area (Å²) in [5.41, 5.74) is 5.10. The molecule has 3 rings (SSSR count). The molecule has 1 amide bonds. The van der Waals surface area contributed by atoms with Gasteiger partial charge in [0.1, 0.15) is 5.75 Å². The van der Waals surface area contributed by atoms with E-state index in [2.05, 4.69) is 15.5 Å². The Labute approximate surface area is 168 Å². The van der Waals surface area contributed by atoms with E-state index in [1.807, 2.05) is 64.1 Å². The van der Waals surface area contributed by atoms with Crippen LogP contribution >= 0.6 is 11.8 Å². The Morgan fingerprint density at radius 2 is 1.75 bits per heavy atom. The molecule has 28 heavy (non-hydrogen) atoms. The van der Waals surface area contributed by atoms with Gasteiger partial charge in [0.2, 0.25) is 5.91 Å². The first kappa shape index (κ1) is 19.9. The number of benzene rings is 2. The molecule has 1 heterocycles. The fourth-order valence-corrected chi connectivity index (χ4v) is 3.12. The second-order valence-electron chi connectivity index (χ2n) is 6.67. The van der Waals surface area contributed by atoms with Gasteiger partial charge in [-0.3, -0.25) is 4.79 Å². The SMILES string of the molecule is Cc1ccc(C)c(NC(=O)CSc2nnc(COc3cc(C)ccc3C)o2)c1. The number of aryl methyl sites for hydroxylation is 4. The molecule has 0 spiro atoms. The third-order valence-corrected chi connectivity index (χ3v) is 4.96. The number of carbonyl (C=O) groups is 1. The first-order valence-corrected chi connectivity index (χ1v) is 9.91. The number of amides is 1. The van der Waals surface area contributed by atoms with Crippen LogP contribution in [0, 0.1) is 27.7 Å². The van der Waals surface area contributed by atoms with Gasteiger partial charge < -0.3 is 14.5 Å². The number of nitrogens with zero attached hydrogens (tertiary/aromatic N) is 2. The summed E-state index contributed by atoms with van der Waals surface area (Å²) >= 11 is 1.20. The highest BCUT2D eigenvalue weighted by Gasteiger charge is 2.12. The van der Waals surface area contributed by atoms with Crippen molar-refractivity contribution >= 4 is 23.4 Å². The maximum absolute atomic E-state index is 12.2. The van der Waals surface area contributed by atoms with Gasteiger partial charge in [-0.15, -0.1) is 10.2 Å². The molecule has 0 aliphatic rings. The number of anilines is 1. The minimum atomic E-state index is -0.120. The standard InChI is InChI=1S/C21H23N3O3S/c1-13-5-7-15(3)17(9-13)22-19(25)12-28-21-24-23-20(27-21)11-26-18-10-14(2)6-8-16(18)4/h5-10H,11-12H2,1-4H3,(H,22,25). The van der Waals surface area contributed by atoms with E-state index >= 15 is 0 Å². The molecule has 0 unspecified atom stereocenters. The lowest BCUT2D eigenvalue weighted by molar-refractivity contribution is -0.113. The van der Waals surface area contributed by atoms with Gasteiger partial charge in [0.15, 0.2) is 6.61 Å². The van der Waals surface area contributed by atoms with E-state index in [1.165, 1.54) is 11.8 Å². The number of ether oxygens (including phenoxy) is 1. The zero-order chi connectivity index (χ0) is 20.1. The third kappa shape index (κ3) is 5.36. The molecule has 0 saturated carbocycles. The summed E-state index contributed by atoms with van der Waals surface area (Å²) in [6, 6.07) is 12.0. The average Bonchev–Trinajstić information content (AvgIpc) is 3.12. The van der Waals surface area contributed by atoms with Crippen LogP contribution in [0.5, 0.6) is 5.75 Å². The number of hydrogen-bond acceptors (Lipinski definition) is 6. The summed E-state index contributed by atoms with van der Waals surface area (Å²) in [5, 5.41) is 11.2. The topological polar surface area (TPSA) is 77.2 Å². The number of rotatable bonds is 7. The fourth-order valence-electron chi connectivity index (χ4n) is 2.54. The zero-order valence-corrected chi connectivity index (χ0v) is 17.2. The lowest BCUT2D eigenvalue weighted by Crippen LogP contribution is -2.14. The Bertz CT molecular complexity index is 985. The maximum Gasteiger partial charge on any atom is 0.277 e. The van der Waals surface area contributed by atoms with Crippen LogP contribution in [0.2, 0.25) is 0 Å². The van der Waals surface area contributed by atoms with Crippen molar-refractivity contribution in [1.29, 1.82) is 0 Å². The summed E-state index contributed by atoms with van der Waals surface area (Å²) in [6.07, 6.45) is 0. The van der Waals surface area contributed by atoms with Gasteiger partial charge in [-0.1, -0.05) is 36.0 Å². The summed E-state index contributed by atoms with van der Waals surface area (Å²) in [5.74, 6) is 1.23. The Balaban J connectivity index is 1.51. The lowest BCUT2D eigenvalue weighted by Gasteiger charge is -2.08. The van der Waals surface area contributed by atoms with E-state index < -0.39 is 0 Å². The van der Waals surface area contributed by atoms with Crippen LogP contribution in [0.15, 0.2) is 46.0 Å². The Hall–Kier alpha value is -2.80. The summed E-state index contributed by atoms with van der Waals surface area (Å²) in [7, 11) is 0. The van der Waals surface area contributed by atoms with Crippen LogP contribution in [-0.4, -0.2) is 21.9 Å². The Morgan fingerprint density at radius 1 is 1.04 bits per heavy atom. The summed E-state index contributed by atoms with van der Waals surface area (Å²) < 4.78 is 11.3. The number of thioether (sulfide) groups is 1. The van der Waals surface area contributed by atoms with Gasteiger partial charge in [0.25, 0.3) is 11.1 Å². The number of carbonyl (C=O) groups excluding carboxylic acids is 1. The molecular formula is C21H23N3O3S. The molecule has 146 valence electrons. The normalized spacial score (nSPS) is 10.7. The molecule has 3 aromatic rings. The van der Waals surface area contributed by atoms with Crippen molar-refractivity contribution in [1.82, 2.24) is 10.2 Å². The van der Waals surface area contributed by atoms with E-state index in [0.717, 1.165) is 33.7 Å². The van der Waals surface area contributed by atoms with E-state index in [1.54, 1.807) is 0 Å². The number of hydrogen-bond donors (Lipinski definition) is 1. The van der Waals surface area contributed by atoms with E-state index in [0.29, 0.717) is 11.1 Å². The van der Waals surface area contributed by atoms with Crippen LogP contribution in [0.25, 0.3) is 0 Å².